The normalized spacial score (nSPS) is 14.6. The van der Waals surface area contributed by atoms with Crippen LogP contribution in [0.1, 0.15) is 37.6 Å². The monoisotopic (exact) mass is 664 g/mol. The Morgan fingerprint density at radius 1 is 1.12 bits per heavy atom. The van der Waals surface area contributed by atoms with Crippen LogP contribution in [-0.4, -0.2) is 56.2 Å². The average molecular weight is 665 g/mol. The Labute approximate surface area is 272 Å². The van der Waals surface area contributed by atoms with Gasteiger partial charge in [0.25, 0.3) is 5.01 Å². The molecule has 0 saturated heterocycles. The topological polar surface area (TPSA) is 160 Å². The van der Waals surface area contributed by atoms with E-state index in [1.807, 2.05) is 23.6 Å². The summed E-state index contributed by atoms with van der Waals surface area (Å²) >= 11 is 7.66. The Balaban J connectivity index is 0.00000506. The largest absolute Gasteiger partial charge is 1.00 e. The van der Waals surface area contributed by atoms with Crippen LogP contribution >= 0.6 is 22.9 Å². The maximum Gasteiger partial charge on any atom is 1.00 e. The molecule has 0 radical (unpaired) electrons. The van der Waals surface area contributed by atoms with Crippen LogP contribution in [0.15, 0.2) is 47.9 Å². The molecule has 3 aromatic rings. The molecule has 0 aliphatic carbocycles. The number of ether oxygens (including phenoxy) is 2. The zero-order valence-corrected chi connectivity index (χ0v) is 27.1. The molecule has 0 fully saturated rings. The number of halogens is 1. The number of benzene rings is 2. The van der Waals surface area contributed by atoms with Gasteiger partial charge in [0.2, 0.25) is 11.4 Å². The predicted octanol–water partition coefficient (Wildman–Crippen LogP) is 1.35. The van der Waals surface area contributed by atoms with E-state index in [0.717, 1.165) is 20.8 Å². The van der Waals surface area contributed by atoms with Gasteiger partial charge in [-0.05, 0) is 43.0 Å². The van der Waals surface area contributed by atoms with Crippen LogP contribution in [0.2, 0.25) is 5.02 Å². The van der Waals surface area contributed by atoms with Gasteiger partial charge in [-0.2, -0.15) is 4.57 Å². The third-order valence-electron chi connectivity index (χ3n) is 6.55. The second-order valence-electron chi connectivity index (χ2n) is 9.59. The third-order valence-corrected chi connectivity index (χ3v) is 9.46. The number of phenols is 1. The van der Waals surface area contributed by atoms with E-state index in [4.69, 9.17) is 21.1 Å². The first-order valence-electron chi connectivity index (χ1n) is 13.1. The molecule has 228 valence electrons. The molecular weight excluding hydrogens is 635 g/mol. The zero-order valence-electron chi connectivity index (χ0n) is 23.9. The van der Waals surface area contributed by atoms with E-state index >= 15 is 0 Å². The summed E-state index contributed by atoms with van der Waals surface area (Å²) in [5, 5.41) is 11.7. The van der Waals surface area contributed by atoms with E-state index in [9.17, 15) is 31.0 Å². The van der Waals surface area contributed by atoms with Crippen LogP contribution in [-0.2, 0) is 26.8 Å². The quantitative estimate of drug-likeness (QED) is 0.122. The molecule has 43 heavy (non-hydrogen) atoms. The second-order valence-corrected chi connectivity index (χ2v) is 14.1. The standard InChI is InChI=1S/C27H31ClN2O9S3.Li/c1-3-18(13-26-29(10-6-12-42(35,36)37)20-15-19(28)7-8-23(20)39-26)14-27-30(9-4-5-11-41(32,33)34)21-16-22(31)24(38-2)17-25(21)40-27;/h7-8,13-17H,3-6,9-12H2,1-2H3,(H2-,31,32,33,34,35,36,37);/q;+1/p-1. The van der Waals surface area contributed by atoms with Gasteiger partial charge in [-0.15, -0.1) is 0 Å². The van der Waals surface area contributed by atoms with Crippen LogP contribution in [0, 0.1) is 0 Å². The predicted molar refractivity (Wildman–Crippen MR) is 159 cm³/mol. The third kappa shape index (κ3) is 9.35. The molecule has 1 aromatic heterocycles. The van der Waals surface area contributed by atoms with Crippen molar-refractivity contribution >= 4 is 65.2 Å². The minimum atomic E-state index is -4.38. The fraction of sp³-hybridized carbons (Fsp3) is 0.370. The Morgan fingerprint density at radius 3 is 2.47 bits per heavy atom. The average Bonchev–Trinajstić information content (AvgIpc) is 3.40. The number of aromatic nitrogens is 1. The molecule has 4 rings (SSSR count). The van der Waals surface area contributed by atoms with E-state index in [0.29, 0.717) is 47.5 Å². The van der Waals surface area contributed by atoms with Gasteiger partial charge < -0.3 is 28.6 Å². The summed E-state index contributed by atoms with van der Waals surface area (Å²) in [6.07, 6.45) is 5.06. The molecule has 0 amide bonds. The molecular formula is C27H30ClLiN2O9S3. The number of nitrogens with zero attached hydrogens (tertiary/aromatic N) is 2. The summed E-state index contributed by atoms with van der Waals surface area (Å²) < 4.78 is 81.0. The molecule has 16 heteroatoms. The maximum atomic E-state index is 11.2. The van der Waals surface area contributed by atoms with Crippen molar-refractivity contribution in [3.63, 3.8) is 0 Å². The number of allylic oxidation sites excluding steroid dienone is 2. The van der Waals surface area contributed by atoms with Gasteiger partial charge in [-0.3, -0.25) is 0 Å². The Kier molecular flexibility index (Phi) is 12.0. The Hall–Kier alpha value is -2.28. The summed E-state index contributed by atoms with van der Waals surface area (Å²) in [7, 11) is -7.25. The van der Waals surface area contributed by atoms with Crippen molar-refractivity contribution in [1.82, 2.24) is 0 Å². The van der Waals surface area contributed by atoms with Crippen molar-refractivity contribution in [3.8, 4) is 17.2 Å². The van der Waals surface area contributed by atoms with E-state index in [-0.39, 0.29) is 44.0 Å². The number of unbranched alkanes of at least 4 members (excludes halogenated alkanes) is 1. The molecule has 0 spiro atoms. The van der Waals surface area contributed by atoms with Gasteiger partial charge in [0.15, 0.2) is 23.8 Å². The van der Waals surface area contributed by atoms with E-state index in [1.54, 1.807) is 35.2 Å². The number of rotatable bonds is 13. The molecule has 0 atom stereocenters. The number of thiazole rings is 1. The summed E-state index contributed by atoms with van der Waals surface area (Å²) in [6.45, 7) is 2.57. The minimum Gasteiger partial charge on any atom is -0.748 e. The summed E-state index contributed by atoms with van der Waals surface area (Å²) in [6, 6.07) is 8.42. The fourth-order valence-electron chi connectivity index (χ4n) is 4.54. The minimum absolute atomic E-state index is 0. The molecule has 0 unspecified atom stereocenters. The van der Waals surface area contributed by atoms with Gasteiger partial charge in [0.1, 0.15) is 4.70 Å². The first-order chi connectivity index (χ1) is 19.8. The maximum absolute atomic E-state index is 11.2. The van der Waals surface area contributed by atoms with Gasteiger partial charge in [-0.1, -0.05) is 29.9 Å². The first-order valence-corrected chi connectivity index (χ1v) is 17.4. The summed E-state index contributed by atoms with van der Waals surface area (Å²) in [5.74, 6) is 0.272. The van der Waals surface area contributed by atoms with Gasteiger partial charge >= 0.3 is 18.9 Å². The number of aromatic hydroxyl groups is 1. The van der Waals surface area contributed by atoms with Crippen LogP contribution < -0.4 is 37.8 Å². The summed E-state index contributed by atoms with van der Waals surface area (Å²) in [5.41, 5.74) is 2.22. The molecule has 0 bridgehead atoms. The molecule has 1 aliphatic heterocycles. The second kappa shape index (κ2) is 14.7. The number of phenolic OH excluding ortho intramolecular Hbond substituents is 1. The number of hydrogen-bond donors (Lipinski definition) is 1. The van der Waals surface area contributed by atoms with E-state index in [2.05, 4.69) is 0 Å². The summed E-state index contributed by atoms with van der Waals surface area (Å²) in [4.78, 5) is 1.78. The Morgan fingerprint density at radius 2 is 1.81 bits per heavy atom. The molecule has 2 aromatic carbocycles. The molecule has 1 aliphatic rings. The van der Waals surface area contributed by atoms with Crippen molar-refractivity contribution < 1.29 is 63.9 Å². The van der Waals surface area contributed by atoms with Crippen molar-refractivity contribution in [1.29, 1.82) is 0 Å². The molecule has 11 nitrogen and oxygen atoms in total. The SMILES string of the molecule is CCC(=Cc1sc2cc(OC)c(O)cc2[n+]1CCCCS(=O)(=O)[O-])C=C1Oc2ccc(Cl)cc2N1CCCS(=O)(=O)[O-].[Li+]. The zero-order chi connectivity index (χ0) is 30.7. The van der Waals surface area contributed by atoms with E-state index < -0.39 is 31.7 Å². The van der Waals surface area contributed by atoms with Crippen LogP contribution in [0.25, 0.3) is 16.3 Å². The molecule has 2 heterocycles. The number of anilines is 1. The van der Waals surface area contributed by atoms with Gasteiger partial charge in [0.05, 0.1) is 39.1 Å². The number of fused-ring (bicyclic) bond motifs is 2. The molecule has 1 N–H and O–H groups in total. The molecule has 0 saturated carbocycles. The number of hydrogen-bond acceptors (Lipinski definition) is 11. The van der Waals surface area contributed by atoms with Crippen molar-refractivity contribution in [3.05, 3.63) is 57.9 Å². The van der Waals surface area contributed by atoms with Crippen molar-refractivity contribution in [2.45, 2.75) is 39.2 Å². The first kappa shape index (κ1) is 35.2. The van der Waals surface area contributed by atoms with Crippen LogP contribution in [0.5, 0.6) is 17.2 Å². The van der Waals surface area contributed by atoms with Crippen molar-refractivity contribution in [2.75, 3.05) is 30.1 Å². The van der Waals surface area contributed by atoms with Gasteiger partial charge in [0, 0.05) is 47.7 Å². The van der Waals surface area contributed by atoms with Crippen molar-refractivity contribution in [2.24, 2.45) is 0 Å². The van der Waals surface area contributed by atoms with Crippen LogP contribution in [0.4, 0.5) is 5.69 Å². The van der Waals surface area contributed by atoms with E-state index in [1.165, 1.54) is 18.4 Å². The Bertz CT molecular complexity index is 1760. The number of methoxy groups -OCH3 is 1. The number of aryl methyl sites for hydroxylation is 1. The smallest absolute Gasteiger partial charge is 0.748 e. The van der Waals surface area contributed by atoms with Crippen LogP contribution in [0.3, 0.4) is 0 Å². The fourth-order valence-corrected chi connectivity index (χ4v) is 6.92. The van der Waals surface area contributed by atoms with Gasteiger partial charge in [-0.25, -0.2) is 16.8 Å².